The second kappa shape index (κ2) is 4.82. The summed E-state index contributed by atoms with van der Waals surface area (Å²) in [6, 6.07) is 8.25. The van der Waals surface area contributed by atoms with Crippen LogP contribution >= 0.6 is 0 Å². The molecule has 0 aliphatic carbocycles. The molecule has 0 saturated carbocycles. The minimum absolute atomic E-state index is 0.482. The topological polar surface area (TPSA) is 60.5 Å². The van der Waals surface area contributed by atoms with Crippen molar-refractivity contribution < 1.29 is 4.74 Å². The van der Waals surface area contributed by atoms with E-state index in [4.69, 9.17) is 10.5 Å². The van der Waals surface area contributed by atoms with Gasteiger partial charge in [0.2, 0.25) is 0 Å². The Hall–Kier alpha value is -2.20. The fraction of sp³-hybridized carbons (Fsp3) is 0.200. The number of hydrogen-bond acceptors (Lipinski definition) is 4. The summed E-state index contributed by atoms with van der Waals surface area (Å²) in [6.45, 7) is 1.22. The van der Waals surface area contributed by atoms with Crippen LogP contribution in [0.3, 0.4) is 0 Å². The van der Waals surface area contributed by atoms with E-state index in [1.54, 1.807) is 7.11 Å². The van der Waals surface area contributed by atoms with Crippen LogP contribution in [0.25, 0.3) is 16.5 Å². The number of methoxy groups -OCH3 is 1. The lowest BCUT2D eigenvalue weighted by Gasteiger charge is -2.08. The van der Waals surface area contributed by atoms with E-state index >= 15 is 0 Å². The van der Waals surface area contributed by atoms with E-state index in [2.05, 4.69) is 28.2 Å². The fourth-order valence-electron chi connectivity index (χ4n) is 2.23. The first-order valence-electron chi connectivity index (χ1n) is 6.15. The number of allylic oxidation sites excluding steroid dienone is 1. The molecule has 0 bridgehead atoms. The molecule has 1 aromatic carbocycles. The molecule has 3 rings (SSSR count). The zero-order valence-corrected chi connectivity index (χ0v) is 10.8. The van der Waals surface area contributed by atoms with Crippen LogP contribution in [0.1, 0.15) is 11.1 Å². The summed E-state index contributed by atoms with van der Waals surface area (Å²) in [5, 5.41) is 1.07. The van der Waals surface area contributed by atoms with Crippen molar-refractivity contribution in [3.8, 4) is 0 Å². The van der Waals surface area contributed by atoms with E-state index in [1.807, 2.05) is 18.4 Å². The van der Waals surface area contributed by atoms with Crippen LogP contribution in [-0.4, -0.2) is 24.9 Å². The third kappa shape index (κ3) is 2.22. The van der Waals surface area contributed by atoms with Gasteiger partial charge >= 0.3 is 0 Å². The lowest BCUT2D eigenvalue weighted by Crippen LogP contribution is -2.00. The summed E-state index contributed by atoms with van der Waals surface area (Å²) in [5.41, 5.74) is 10.1. The zero-order valence-electron chi connectivity index (χ0n) is 10.8. The molecule has 2 heterocycles. The van der Waals surface area contributed by atoms with Gasteiger partial charge in [-0.05, 0) is 29.3 Å². The predicted molar refractivity (Wildman–Crippen MR) is 78.2 cm³/mol. The van der Waals surface area contributed by atoms with Gasteiger partial charge in [-0.25, -0.2) is 4.98 Å². The van der Waals surface area contributed by atoms with Crippen LogP contribution in [-0.2, 0) is 11.3 Å². The highest BCUT2D eigenvalue weighted by Gasteiger charge is 2.08. The Labute approximate surface area is 111 Å². The van der Waals surface area contributed by atoms with Gasteiger partial charge in [0.15, 0.2) is 0 Å². The van der Waals surface area contributed by atoms with Crippen molar-refractivity contribution in [3.63, 3.8) is 0 Å². The molecule has 0 spiro atoms. The second-order valence-corrected chi connectivity index (χ2v) is 4.55. The Bertz CT molecular complexity index is 689. The molecule has 2 N–H and O–H groups in total. The maximum absolute atomic E-state index is 5.95. The average Bonchev–Trinajstić information content (AvgIpc) is 2.93. The Kier molecular flexibility index (Phi) is 3.01. The monoisotopic (exact) mass is 253 g/mol. The summed E-state index contributed by atoms with van der Waals surface area (Å²) in [4.78, 5) is 8.65. The minimum Gasteiger partial charge on any atom is -0.383 e. The molecule has 96 valence electrons. The number of fused-ring (bicyclic) bond motifs is 1. The molecule has 0 amide bonds. The van der Waals surface area contributed by atoms with E-state index in [9.17, 15) is 0 Å². The van der Waals surface area contributed by atoms with Crippen LogP contribution in [0.4, 0.5) is 5.82 Å². The van der Waals surface area contributed by atoms with E-state index in [-0.39, 0.29) is 0 Å². The molecule has 1 aromatic heterocycles. The number of pyridine rings is 1. The largest absolute Gasteiger partial charge is 0.383 e. The molecular formula is C15H15N3O. The van der Waals surface area contributed by atoms with Gasteiger partial charge in [-0.1, -0.05) is 12.1 Å². The van der Waals surface area contributed by atoms with Gasteiger partial charge in [0.1, 0.15) is 5.82 Å². The highest BCUT2D eigenvalue weighted by molar-refractivity contribution is 5.92. The maximum Gasteiger partial charge on any atom is 0.129 e. The van der Waals surface area contributed by atoms with Gasteiger partial charge in [-0.3, -0.25) is 4.99 Å². The summed E-state index contributed by atoms with van der Waals surface area (Å²) in [5.74, 6) is 0.531. The Morgan fingerprint density at radius 3 is 2.95 bits per heavy atom. The number of anilines is 1. The van der Waals surface area contributed by atoms with Crippen molar-refractivity contribution >= 4 is 28.5 Å². The molecule has 0 unspecified atom stereocenters. The zero-order chi connectivity index (χ0) is 13.2. The predicted octanol–water partition coefficient (Wildman–Crippen LogP) is 2.43. The molecule has 1 aliphatic heterocycles. The van der Waals surface area contributed by atoms with Gasteiger partial charge in [0, 0.05) is 24.3 Å². The summed E-state index contributed by atoms with van der Waals surface area (Å²) < 4.78 is 5.12. The number of nitrogen functional groups attached to an aromatic ring is 1. The lowest BCUT2D eigenvalue weighted by molar-refractivity contribution is 0.185. The molecule has 4 nitrogen and oxygen atoms in total. The Morgan fingerprint density at radius 1 is 1.32 bits per heavy atom. The minimum atomic E-state index is 0.482. The third-order valence-electron chi connectivity index (χ3n) is 3.24. The SMILES string of the molecule is COCc1cc2ccc(C3=CC=NC3)cc2nc1N. The molecule has 4 heteroatoms. The molecule has 0 fully saturated rings. The van der Waals surface area contributed by atoms with Gasteiger partial charge in [0.25, 0.3) is 0 Å². The van der Waals surface area contributed by atoms with Gasteiger partial charge in [-0.2, -0.15) is 0 Å². The quantitative estimate of drug-likeness (QED) is 0.913. The van der Waals surface area contributed by atoms with Crippen molar-refractivity contribution in [1.29, 1.82) is 0 Å². The second-order valence-electron chi connectivity index (χ2n) is 4.55. The van der Waals surface area contributed by atoms with Crippen LogP contribution in [0.15, 0.2) is 35.3 Å². The molecular weight excluding hydrogens is 238 g/mol. The van der Waals surface area contributed by atoms with Crippen LogP contribution < -0.4 is 5.73 Å². The molecule has 2 aromatic rings. The number of nitrogens with two attached hydrogens (primary N) is 1. The molecule has 19 heavy (non-hydrogen) atoms. The number of benzene rings is 1. The van der Waals surface area contributed by atoms with E-state index < -0.39 is 0 Å². The summed E-state index contributed by atoms with van der Waals surface area (Å²) in [6.07, 6.45) is 3.87. The molecule has 0 radical (unpaired) electrons. The highest BCUT2D eigenvalue weighted by atomic mass is 16.5. The lowest BCUT2D eigenvalue weighted by atomic mass is 10.0. The van der Waals surface area contributed by atoms with E-state index in [0.717, 1.165) is 28.6 Å². The normalized spacial score (nSPS) is 14.1. The van der Waals surface area contributed by atoms with Crippen LogP contribution in [0.5, 0.6) is 0 Å². The Balaban J connectivity index is 2.06. The van der Waals surface area contributed by atoms with E-state index in [0.29, 0.717) is 12.4 Å². The number of aliphatic imine (C=N–C) groups is 1. The van der Waals surface area contributed by atoms with Gasteiger partial charge in [0.05, 0.1) is 18.7 Å². The van der Waals surface area contributed by atoms with Crippen LogP contribution in [0.2, 0.25) is 0 Å². The van der Waals surface area contributed by atoms with Crippen molar-refractivity contribution in [2.24, 2.45) is 4.99 Å². The van der Waals surface area contributed by atoms with Crippen molar-refractivity contribution in [2.75, 3.05) is 19.4 Å². The maximum atomic E-state index is 5.95. The number of rotatable bonds is 3. The fourth-order valence-corrected chi connectivity index (χ4v) is 2.23. The first kappa shape index (κ1) is 11.9. The first-order chi connectivity index (χ1) is 9.28. The molecule has 0 saturated heterocycles. The van der Waals surface area contributed by atoms with Gasteiger partial charge in [-0.15, -0.1) is 0 Å². The number of nitrogens with zero attached hydrogens (tertiary/aromatic N) is 2. The number of ether oxygens (including phenoxy) is 1. The van der Waals surface area contributed by atoms with E-state index in [1.165, 1.54) is 5.57 Å². The smallest absolute Gasteiger partial charge is 0.129 e. The van der Waals surface area contributed by atoms with Crippen molar-refractivity contribution in [1.82, 2.24) is 4.98 Å². The standard InChI is InChI=1S/C15H15N3O/c1-19-9-13-6-11-3-2-10(12-4-5-17-8-12)7-14(11)18-15(13)16/h2-7H,8-9H2,1H3,(H2,16,18). The van der Waals surface area contributed by atoms with Crippen molar-refractivity contribution in [3.05, 3.63) is 41.5 Å². The number of hydrogen-bond donors (Lipinski definition) is 1. The number of aromatic nitrogens is 1. The highest BCUT2D eigenvalue weighted by Crippen LogP contribution is 2.24. The van der Waals surface area contributed by atoms with Gasteiger partial charge < -0.3 is 10.5 Å². The molecule has 1 aliphatic rings. The first-order valence-corrected chi connectivity index (χ1v) is 6.15. The van der Waals surface area contributed by atoms with Crippen LogP contribution in [0, 0.1) is 0 Å². The summed E-state index contributed by atoms with van der Waals surface area (Å²) in [7, 11) is 1.65. The average molecular weight is 253 g/mol. The molecule has 0 atom stereocenters. The Morgan fingerprint density at radius 2 is 2.21 bits per heavy atom. The van der Waals surface area contributed by atoms with Crippen molar-refractivity contribution in [2.45, 2.75) is 6.61 Å². The summed E-state index contributed by atoms with van der Waals surface area (Å²) >= 11 is 0. The third-order valence-corrected chi connectivity index (χ3v) is 3.24.